The summed E-state index contributed by atoms with van der Waals surface area (Å²) in [5.74, 6) is 0.254. The van der Waals surface area contributed by atoms with Gasteiger partial charge in [0.15, 0.2) is 0 Å². The van der Waals surface area contributed by atoms with Crippen molar-refractivity contribution in [1.29, 1.82) is 0 Å². The van der Waals surface area contributed by atoms with Crippen LogP contribution in [0.5, 0.6) is 0 Å². The Bertz CT molecular complexity index is 898. The minimum atomic E-state index is -3.50. The number of hydrogen-bond acceptors (Lipinski definition) is 4. The zero-order valence-electron chi connectivity index (χ0n) is 19.1. The molecule has 1 aromatic carbocycles. The van der Waals surface area contributed by atoms with Crippen LogP contribution < -0.4 is 5.32 Å². The number of carbonyl (C=O) groups excluding carboxylic acids is 2. The lowest BCUT2D eigenvalue weighted by Crippen LogP contribution is -2.45. The number of likely N-dealkylation sites (tertiary alicyclic amines) is 1. The number of piperidine rings is 2. The van der Waals surface area contributed by atoms with Crippen molar-refractivity contribution in [2.45, 2.75) is 58.3 Å². The molecule has 2 amide bonds. The molecule has 0 spiro atoms. The number of carbonyl (C=O) groups is 2. The van der Waals surface area contributed by atoms with Gasteiger partial charge in [0, 0.05) is 43.2 Å². The quantitative estimate of drug-likeness (QED) is 0.764. The van der Waals surface area contributed by atoms with Crippen molar-refractivity contribution in [3.8, 4) is 0 Å². The minimum Gasteiger partial charge on any atom is -0.342 e. The fourth-order valence-electron chi connectivity index (χ4n) is 4.29. The van der Waals surface area contributed by atoms with E-state index in [1.54, 1.807) is 28.6 Å². The summed E-state index contributed by atoms with van der Waals surface area (Å²) in [6, 6.07) is 6.43. The molecule has 1 aromatic rings. The van der Waals surface area contributed by atoms with Crippen molar-refractivity contribution < 1.29 is 18.0 Å². The summed E-state index contributed by atoms with van der Waals surface area (Å²) in [5, 5.41) is 2.90. The van der Waals surface area contributed by atoms with Crippen LogP contribution in [0.4, 0.5) is 5.69 Å². The van der Waals surface area contributed by atoms with Gasteiger partial charge in [-0.05, 0) is 55.9 Å². The number of rotatable bonds is 4. The monoisotopic (exact) mass is 449 g/mol. The molecule has 8 heteroatoms. The first-order valence-corrected chi connectivity index (χ1v) is 12.6. The van der Waals surface area contributed by atoms with Gasteiger partial charge in [-0.15, -0.1) is 0 Å². The van der Waals surface area contributed by atoms with Gasteiger partial charge in [-0.25, -0.2) is 8.42 Å². The number of sulfonamides is 1. The Morgan fingerprint density at radius 1 is 1.00 bits per heavy atom. The molecule has 1 atom stereocenters. The molecule has 1 N–H and O–H groups in total. The van der Waals surface area contributed by atoms with Crippen LogP contribution in [0.1, 0.15) is 53.4 Å². The van der Waals surface area contributed by atoms with E-state index < -0.39 is 15.4 Å². The molecule has 0 aliphatic carbocycles. The third kappa shape index (κ3) is 5.66. The van der Waals surface area contributed by atoms with Crippen LogP contribution in [0.25, 0.3) is 0 Å². The second kappa shape index (κ2) is 9.28. The van der Waals surface area contributed by atoms with Crippen molar-refractivity contribution in [3.63, 3.8) is 0 Å². The van der Waals surface area contributed by atoms with E-state index in [-0.39, 0.29) is 22.6 Å². The molecule has 0 saturated carbocycles. The number of nitrogens with zero attached hydrogens (tertiary/aromatic N) is 2. The van der Waals surface area contributed by atoms with Crippen molar-refractivity contribution >= 4 is 27.5 Å². The van der Waals surface area contributed by atoms with Gasteiger partial charge in [-0.3, -0.25) is 9.59 Å². The van der Waals surface area contributed by atoms with Crippen LogP contribution in [0.3, 0.4) is 0 Å². The lowest BCUT2D eigenvalue weighted by molar-refractivity contribution is -0.142. The van der Waals surface area contributed by atoms with Crippen molar-refractivity contribution in [2.75, 3.05) is 31.5 Å². The first-order valence-electron chi connectivity index (χ1n) is 11.2. The number of nitrogens with one attached hydrogen (secondary N) is 1. The molecular weight excluding hydrogens is 414 g/mol. The summed E-state index contributed by atoms with van der Waals surface area (Å²) in [7, 11) is -3.50. The van der Waals surface area contributed by atoms with Crippen LogP contribution in [-0.2, 0) is 19.6 Å². The molecule has 3 rings (SSSR count). The molecule has 2 heterocycles. The normalized spacial score (nSPS) is 21.7. The maximum atomic E-state index is 12.9. The molecule has 0 bridgehead atoms. The highest BCUT2D eigenvalue weighted by molar-refractivity contribution is 7.89. The van der Waals surface area contributed by atoms with Crippen molar-refractivity contribution in [1.82, 2.24) is 9.21 Å². The number of benzene rings is 1. The van der Waals surface area contributed by atoms with E-state index in [4.69, 9.17) is 0 Å². The predicted molar refractivity (Wildman–Crippen MR) is 121 cm³/mol. The SMILES string of the molecule is CC1CCCN(S(=O)(=O)c2ccc(NC(=O)C3CCN(C(=O)C(C)(C)C)CC3)cc2)C1. The van der Waals surface area contributed by atoms with Crippen LogP contribution in [0.2, 0.25) is 0 Å². The van der Waals surface area contributed by atoms with Crippen LogP contribution in [0, 0.1) is 17.3 Å². The van der Waals surface area contributed by atoms with Gasteiger partial charge in [0.2, 0.25) is 21.8 Å². The summed E-state index contributed by atoms with van der Waals surface area (Å²) in [6.07, 6.45) is 3.20. The van der Waals surface area contributed by atoms with E-state index >= 15 is 0 Å². The first-order chi connectivity index (χ1) is 14.5. The maximum absolute atomic E-state index is 12.9. The highest BCUT2D eigenvalue weighted by Gasteiger charge is 2.32. The largest absolute Gasteiger partial charge is 0.342 e. The van der Waals surface area contributed by atoms with Gasteiger partial charge in [-0.1, -0.05) is 27.7 Å². The van der Waals surface area contributed by atoms with E-state index in [1.165, 1.54) is 0 Å². The smallest absolute Gasteiger partial charge is 0.243 e. The van der Waals surface area contributed by atoms with E-state index in [2.05, 4.69) is 12.2 Å². The van der Waals surface area contributed by atoms with Crippen LogP contribution >= 0.6 is 0 Å². The number of amides is 2. The third-order valence-corrected chi connectivity index (χ3v) is 8.05. The Morgan fingerprint density at radius 3 is 2.16 bits per heavy atom. The van der Waals surface area contributed by atoms with Crippen LogP contribution in [-0.4, -0.2) is 55.6 Å². The highest BCUT2D eigenvalue weighted by atomic mass is 32.2. The molecule has 1 unspecified atom stereocenters. The molecule has 2 aliphatic heterocycles. The summed E-state index contributed by atoms with van der Waals surface area (Å²) < 4.78 is 27.3. The van der Waals surface area contributed by atoms with Crippen molar-refractivity contribution in [2.24, 2.45) is 17.3 Å². The predicted octanol–water partition coefficient (Wildman–Crippen LogP) is 3.33. The fourth-order valence-corrected chi connectivity index (χ4v) is 5.89. The van der Waals surface area contributed by atoms with E-state index in [0.29, 0.717) is 50.6 Å². The Labute approximate surface area is 186 Å². The second-order valence-electron chi connectivity index (χ2n) is 9.94. The molecule has 7 nitrogen and oxygen atoms in total. The standard InChI is InChI=1S/C23H35N3O4S/c1-17-6-5-13-26(16-17)31(29,30)20-9-7-19(8-10-20)24-21(27)18-11-14-25(15-12-18)22(28)23(2,3)4/h7-10,17-18H,5-6,11-16H2,1-4H3,(H,24,27). The Morgan fingerprint density at radius 2 is 1.61 bits per heavy atom. The molecule has 31 heavy (non-hydrogen) atoms. The van der Waals surface area contributed by atoms with Gasteiger partial charge in [0.05, 0.1) is 4.90 Å². The molecular formula is C23H35N3O4S. The lowest BCUT2D eigenvalue weighted by atomic mass is 9.90. The van der Waals surface area contributed by atoms with E-state index in [9.17, 15) is 18.0 Å². The summed E-state index contributed by atoms with van der Waals surface area (Å²) in [6.45, 7) is 10.1. The van der Waals surface area contributed by atoms with E-state index in [1.807, 2.05) is 25.7 Å². The minimum absolute atomic E-state index is 0.0803. The third-order valence-electron chi connectivity index (χ3n) is 6.17. The number of hydrogen-bond donors (Lipinski definition) is 1. The Balaban J connectivity index is 1.57. The summed E-state index contributed by atoms with van der Waals surface area (Å²) in [4.78, 5) is 27.2. The lowest BCUT2D eigenvalue weighted by Gasteiger charge is -2.35. The van der Waals surface area contributed by atoms with E-state index in [0.717, 1.165) is 12.8 Å². The zero-order valence-corrected chi connectivity index (χ0v) is 19.9. The first kappa shape index (κ1) is 23.7. The highest BCUT2D eigenvalue weighted by Crippen LogP contribution is 2.26. The molecule has 0 radical (unpaired) electrons. The van der Waals surface area contributed by atoms with Gasteiger partial charge < -0.3 is 10.2 Å². The average molecular weight is 450 g/mol. The van der Waals surface area contributed by atoms with Gasteiger partial charge in [0.25, 0.3) is 0 Å². The average Bonchev–Trinajstić information content (AvgIpc) is 2.73. The van der Waals surface area contributed by atoms with Crippen LogP contribution in [0.15, 0.2) is 29.2 Å². The van der Waals surface area contributed by atoms with Gasteiger partial charge in [-0.2, -0.15) is 4.31 Å². The number of anilines is 1. The molecule has 172 valence electrons. The Kier molecular flexibility index (Phi) is 7.11. The zero-order chi connectivity index (χ0) is 22.8. The molecule has 2 aliphatic rings. The summed E-state index contributed by atoms with van der Waals surface area (Å²) >= 11 is 0. The fraction of sp³-hybridized carbons (Fsp3) is 0.652. The van der Waals surface area contributed by atoms with Gasteiger partial charge >= 0.3 is 0 Å². The molecule has 0 aromatic heterocycles. The summed E-state index contributed by atoms with van der Waals surface area (Å²) in [5.41, 5.74) is 0.174. The van der Waals surface area contributed by atoms with Gasteiger partial charge in [0.1, 0.15) is 0 Å². The second-order valence-corrected chi connectivity index (χ2v) is 11.9. The van der Waals surface area contributed by atoms with Crippen molar-refractivity contribution in [3.05, 3.63) is 24.3 Å². The Hall–Kier alpha value is -1.93. The molecule has 2 saturated heterocycles. The molecule has 2 fully saturated rings. The topological polar surface area (TPSA) is 86.8 Å². The maximum Gasteiger partial charge on any atom is 0.243 e.